The number of hydrogen-bond acceptors (Lipinski definition) is 5. The van der Waals surface area contributed by atoms with Crippen molar-refractivity contribution >= 4 is 29.1 Å². The average Bonchev–Trinajstić information content (AvgIpc) is 2.65. The van der Waals surface area contributed by atoms with Gasteiger partial charge in [0.2, 0.25) is 5.91 Å². The zero-order chi connectivity index (χ0) is 21.1. The number of ether oxygens (including phenoxy) is 1. The normalized spacial score (nSPS) is 11.0. The summed E-state index contributed by atoms with van der Waals surface area (Å²) in [5.41, 5.74) is 3.36. The van der Waals surface area contributed by atoms with E-state index in [-0.39, 0.29) is 23.9 Å². The van der Waals surface area contributed by atoms with Gasteiger partial charge in [-0.1, -0.05) is 13.3 Å². The highest BCUT2D eigenvalue weighted by Gasteiger charge is 2.12. The van der Waals surface area contributed by atoms with Gasteiger partial charge in [0, 0.05) is 24.3 Å². The highest BCUT2D eigenvalue weighted by molar-refractivity contribution is 6.03. The van der Waals surface area contributed by atoms with Gasteiger partial charge in [-0.3, -0.25) is 14.4 Å². The third-order valence-electron chi connectivity index (χ3n) is 4.06. The molecular formula is C22H27NO5. The van der Waals surface area contributed by atoms with Crippen molar-refractivity contribution in [2.75, 3.05) is 12.4 Å². The lowest BCUT2D eigenvalue weighted by Crippen LogP contribution is -2.11. The Bertz CT molecular complexity index is 805. The highest BCUT2D eigenvalue weighted by Crippen LogP contribution is 2.23. The lowest BCUT2D eigenvalue weighted by molar-refractivity contribution is -0.135. The fourth-order valence-corrected chi connectivity index (χ4v) is 2.64. The molecule has 0 saturated carbocycles. The van der Waals surface area contributed by atoms with E-state index in [1.807, 2.05) is 13.0 Å². The third kappa shape index (κ3) is 8.12. The summed E-state index contributed by atoms with van der Waals surface area (Å²) >= 11 is 0. The lowest BCUT2D eigenvalue weighted by Gasteiger charge is -2.15. The molecule has 0 heterocycles. The summed E-state index contributed by atoms with van der Waals surface area (Å²) in [6.07, 6.45) is 7.60. The fourth-order valence-electron chi connectivity index (χ4n) is 2.64. The molecule has 28 heavy (non-hydrogen) atoms. The number of allylic oxidation sites excluding steroid dienone is 2. The van der Waals surface area contributed by atoms with Gasteiger partial charge in [-0.05, 0) is 67.7 Å². The molecule has 0 aliphatic heterocycles. The Balaban J connectivity index is 3.07. The number of esters is 1. The number of benzene rings is 1. The molecule has 0 aliphatic rings. The minimum absolute atomic E-state index is 0.164. The number of hydrogen-bond donors (Lipinski definition) is 1. The van der Waals surface area contributed by atoms with Gasteiger partial charge in [-0.2, -0.15) is 0 Å². The van der Waals surface area contributed by atoms with Gasteiger partial charge in [0.15, 0.2) is 11.6 Å². The van der Waals surface area contributed by atoms with Crippen LogP contribution < -0.4 is 5.32 Å². The Morgan fingerprint density at radius 1 is 1.07 bits per heavy atom. The molecule has 0 spiro atoms. The van der Waals surface area contributed by atoms with Crippen molar-refractivity contribution in [1.82, 2.24) is 0 Å². The number of amides is 1. The molecule has 1 rings (SSSR count). The molecule has 150 valence electrons. The SMILES string of the molecule is CCCCc1cc(NC(=O)/C=C\C(C)=O)cc(C)c1CC(=O)/C=C\C(=O)OC. The minimum atomic E-state index is -0.576. The van der Waals surface area contributed by atoms with E-state index in [9.17, 15) is 19.2 Å². The summed E-state index contributed by atoms with van der Waals surface area (Å²) in [5, 5.41) is 2.75. The third-order valence-corrected chi connectivity index (χ3v) is 4.06. The van der Waals surface area contributed by atoms with Crippen LogP contribution in [0.3, 0.4) is 0 Å². The van der Waals surface area contributed by atoms with E-state index in [1.54, 1.807) is 6.07 Å². The van der Waals surface area contributed by atoms with Crippen molar-refractivity contribution in [3.8, 4) is 0 Å². The molecule has 0 bridgehead atoms. The fraction of sp³-hybridized carbons (Fsp3) is 0.364. The Hall–Kier alpha value is -3.02. The quantitative estimate of drug-likeness (QED) is 0.493. The molecular weight excluding hydrogens is 358 g/mol. The maximum atomic E-state index is 12.2. The maximum absolute atomic E-state index is 12.2. The summed E-state index contributed by atoms with van der Waals surface area (Å²) < 4.78 is 4.49. The number of anilines is 1. The Labute approximate surface area is 165 Å². The molecule has 0 radical (unpaired) electrons. The van der Waals surface area contributed by atoms with E-state index < -0.39 is 5.97 Å². The summed E-state index contributed by atoms with van der Waals surface area (Å²) in [6, 6.07) is 3.65. The van der Waals surface area contributed by atoms with Crippen molar-refractivity contribution in [2.24, 2.45) is 0 Å². The number of rotatable bonds is 10. The number of ketones is 2. The van der Waals surface area contributed by atoms with Crippen LogP contribution in [-0.4, -0.2) is 30.6 Å². The van der Waals surface area contributed by atoms with Crippen LogP contribution in [0, 0.1) is 6.92 Å². The number of unbranched alkanes of at least 4 members (excludes halogenated alkanes) is 1. The van der Waals surface area contributed by atoms with Gasteiger partial charge in [0.25, 0.3) is 0 Å². The van der Waals surface area contributed by atoms with E-state index in [1.165, 1.54) is 32.3 Å². The number of nitrogens with one attached hydrogen (secondary N) is 1. The van der Waals surface area contributed by atoms with Gasteiger partial charge >= 0.3 is 5.97 Å². The Kier molecular flexibility index (Phi) is 9.57. The topological polar surface area (TPSA) is 89.5 Å². The predicted molar refractivity (Wildman–Crippen MR) is 108 cm³/mol. The van der Waals surface area contributed by atoms with Gasteiger partial charge in [0.1, 0.15) is 0 Å². The van der Waals surface area contributed by atoms with Crippen LogP contribution in [0.15, 0.2) is 36.4 Å². The molecule has 1 aromatic carbocycles. The summed E-state index contributed by atoms with van der Waals surface area (Å²) in [6.45, 7) is 5.33. The predicted octanol–water partition coefficient (Wildman–Crippen LogP) is 3.26. The van der Waals surface area contributed by atoms with Crippen LogP contribution in [0.5, 0.6) is 0 Å². The zero-order valence-electron chi connectivity index (χ0n) is 16.8. The second-order valence-corrected chi connectivity index (χ2v) is 6.47. The van der Waals surface area contributed by atoms with Crippen molar-refractivity contribution in [2.45, 2.75) is 46.5 Å². The van der Waals surface area contributed by atoms with Crippen molar-refractivity contribution < 1.29 is 23.9 Å². The van der Waals surface area contributed by atoms with E-state index in [0.29, 0.717) is 5.69 Å². The maximum Gasteiger partial charge on any atom is 0.330 e. The van der Waals surface area contributed by atoms with Crippen LogP contribution in [0.2, 0.25) is 0 Å². The van der Waals surface area contributed by atoms with Gasteiger partial charge in [-0.25, -0.2) is 4.79 Å². The average molecular weight is 385 g/mol. The van der Waals surface area contributed by atoms with Crippen LogP contribution >= 0.6 is 0 Å². The van der Waals surface area contributed by atoms with Crippen molar-refractivity contribution in [1.29, 1.82) is 0 Å². The Morgan fingerprint density at radius 2 is 1.79 bits per heavy atom. The Morgan fingerprint density at radius 3 is 2.39 bits per heavy atom. The standard InChI is InChI=1S/C22H27NO5/c1-5-6-7-17-13-18(23-21(26)10-8-16(3)24)12-15(2)20(17)14-19(25)9-11-22(27)28-4/h8-13H,5-7,14H2,1-4H3,(H,23,26)/b10-8-,11-9-. The number of aryl methyl sites for hydroxylation is 2. The number of methoxy groups -OCH3 is 1. The van der Waals surface area contributed by atoms with Crippen LogP contribution in [0.4, 0.5) is 5.69 Å². The molecule has 0 fully saturated rings. The molecule has 0 aliphatic carbocycles. The molecule has 0 unspecified atom stereocenters. The van der Waals surface area contributed by atoms with Gasteiger partial charge in [0.05, 0.1) is 7.11 Å². The first kappa shape index (κ1) is 23.0. The van der Waals surface area contributed by atoms with Crippen molar-refractivity contribution in [3.63, 3.8) is 0 Å². The number of carbonyl (C=O) groups is 4. The summed E-state index contributed by atoms with van der Waals surface area (Å²) in [4.78, 5) is 46.3. The first-order valence-electron chi connectivity index (χ1n) is 9.17. The van der Waals surface area contributed by atoms with E-state index >= 15 is 0 Å². The lowest BCUT2D eigenvalue weighted by atomic mass is 9.93. The largest absolute Gasteiger partial charge is 0.466 e. The minimum Gasteiger partial charge on any atom is -0.466 e. The molecule has 6 heteroatoms. The second-order valence-electron chi connectivity index (χ2n) is 6.47. The van der Waals surface area contributed by atoms with Gasteiger partial charge in [-0.15, -0.1) is 0 Å². The van der Waals surface area contributed by atoms with E-state index in [0.717, 1.165) is 42.0 Å². The van der Waals surface area contributed by atoms with E-state index in [4.69, 9.17) is 0 Å². The highest BCUT2D eigenvalue weighted by atomic mass is 16.5. The van der Waals surface area contributed by atoms with Crippen LogP contribution in [-0.2, 0) is 36.8 Å². The summed E-state index contributed by atoms with van der Waals surface area (Å²) in [7, 11) is 1.25. The van der Waals surface area contributed by atoms with Crippen LogP contribution in [0.1, 0.15) is 43.4 Å². The second kappa shape index (κ2) is 11.6. The first-order valence-corrected chi connectivity index (χ1v) is 9.17. The van der Waals surface area contributed by atoms with Crippen molar-refractivity contribution in [3.05, 3.63) is 53.1 Å². The number of carbonyl (C=O) groups excluding carboxylic acids is 4. The molecule has 6 nitrogen and oxygen atoms in total. The molecule has 0 aromatic heterocycles. The molecule has 1 N–H and O–H groups in total. The zero-order valence-corrected chi connectivity index (χ0v) is 16.8. The van der Waals surface area contributed by atoms with E-state index in [2.05, 4.69) is 17.0 Å². The van der Waals surface area contributed by atoms with Crippen LogP contribution in [0.25, 0.3) is 0 Å². The summed E-state index contributed by atoms with van der Waals surface area (Å²) in [5.74, 6) is -1.37. The monoisotopic (exact) mass is 385 g/mol. The van der Waals surface area contributed by atoms with Gasteiger partial charge < -0.3 is 10.1 Å². The molecule has 0 saturated heterocycles. The molecule has 1 amide bonds. The smallest absolute Gasteiger partial charge is 0.330 e. The molecule has 0 atom stereocenters. The molecule has 1 aromatic rings. The first-order chi connectivity index (χ1) is 13.3.